The molecule has 3 heteroatoms. The predicted molar refractivity (Wildman–Crippen MR) is 78.4 cm³/mol. The first-order valence-electron chi connectivity index (χ1n) is 7.13. The van der Waals surface area contributed by atoms with E-state index in [1.54, 1.807) is 0 Å². The van der Waals surface area contributed by atoms with Crippen molar-refractivity contribution in [2.45, 2.75) is 38.5 Å². The number of hydrogen-bond acceptors (Lipinski definition) is 2. The largest absolute Gasteiger partial charge is 0.481 e. The summed E-state index contributed by atoms with van der Waals surface area (Å²) in [6.45, 7) is 2.10. The van der Waals surface area contributed by atoms with Gasteiger partial charge in [0.05, 0.1) is 0 Å². The zero-order chi connectivity index (χ0) is 13.9. The highest BCUT2D eigenvalue weighted by molar-refractivity contribution is 5.66. The van der Waals surface area contributed by atoms with Crippen molar-refractivity contribution in [3.8, 4) is 0 Å². The summed E-state index contributed by atoms with van der Waals surface area (Å²) in [7, 11) is 2.11. The number of hydrogen-bond donors (Lipinski definition) is 1. The van der Waals surface area contributed by atoms with E-state index >= 15 is 0 Å². The second-order valence-electron chi connectivity index (χ2n) is 5.10. The molecular weight excluding hydrogens is 238 g/mol. The summed E-state index contributed by atoms with van der Waals surface area (Å²) in [5, 5.41) is 8.55. The fraction of sp³-hybridized carbons (Fsp3) is 0.562. The van der Waals surface area contributed by atoms with Gasteiger partial charge in [-0.15, -0.1) is 0 Å². The van der Waals surface area contributed by atoms with Gasteiger partial charge in [-0.1, -0.05) is 30.3 Å². The van der Waals surface area contributed by atoms with Crippen LogP contribution in [0.4, 0.5) is 0 Å². The van der Waals surface area contributed by atoms with Gasteiger partial charge in [0.25, 0.3) is 0 Å². The Labute approximate surface area is 116 Å². The highest BCUT2D eigenvalue weighted by Crippen LogP contribution is 2.05. The van der Waals surface area contributed by atoms with Crippen molar-refractivity contribution < 1.29 is 9.90 Å². The van der Waals surface area contributed by atoms with Crippen molar-refractivity contribution in [2.24, 2.45) is 0 Å². The highest BCUT2D eigenvalue weighted by Gasteiger charge is 2.00. The molecule has 0 radical (unpaired) electrons. The third-order valence-electron chi connectivity index (χ3n) is 3.28. The molecule has 0 atom stereocenters. The molecule has 0 aromatic heterocycles. The number of carbonyl (C=O) groups is 1. The molecule has 19 heavy (non-hydrogen) atoms. The minimum Gasteiger partial charge on any atom is -0.481 e. The number of aliphatic carboxylic acids is 1. The zero-order valence-corrected chi connectivity index (χ0v) is 11.8. The molecule has 0 heterocycles. The third-order valence-corrected chi connectivity index (χ3v) is 3.28. The van der Waals surface area contributed by atoms with Gasteiger partial charge in [0, 0.05) is 6.42 Å². The van der Waals surface area contributed by atoms with E-state index < -0.39 is 5.97 Å². The summed E-state index contributed by atoms with van der Waals surface area (Å²) < 4.78 is 0. The van der Waals surface area contributed by atoms with Gasteiger partial charge in [-0.05, 0) is 57.8 Å². The second-order valence-corrected chi connectivity index (χ2v) is 5.10. The first-order chi connectivity index (χ1) is 9.18. The van der Waals surface area contributed by atoms with Crippen LogP contribution in [0.25, 0.3) is 0 Å². The average Bonchev–Trinajstić information content (AvgIpc) is 2.41. The van der Waals surface area contributed by atoms with Gasteiger partial charge in [-0.25, -0.2) is 0 Å². The smallest absolute Gasteiger partial charge is 0.303 e. The van der Waals surface area contributed by atoms with E-state index in [2.05, 4.69) is 42.3 Å². The van der Waals surface area contributed by atoms with Gasteiger partial charge in [0.1, 0.15) is 0 Å². The Kier molecular flexibility index (Phi) is 7.91. The van der Waals surface area contributed by atoms with Crippen LogP contribution in [0.1, 0.15) is 37.7 Å². The standard InChI is InChI=1S/C16H25NO2/c1-17(14-8-6-12-16(18)19)13-7-5-11-15-9-3-2-4-10-15/h2-4,9-10H,5-8,11-14H2,1H3,(H,18,19). The number of carboxylic acids is 1. The Hall–Kier alpha value is -1.35. The lowest BCUT2D eigenvalue weighted by Gasteiger charge is -2.16. The maximum atomic E-state index is 10.4. The van der Waals surface area contributed by atoms with Crippen LogP contribution in [0.3, 0.4) is 0 Å². The van der Waals surface area contributed by atoms with Crippen LogP contribution >= 0.6 is 0 Å². The lowest BCUT2D eigenvalue weighted by Crippen LogP contribution is -2.21. The van der Waals surface area contributed by atoms with E-state index in [1.807, 2.05) is 0 Å². The summed E-state index contributed by atoms with van der Waals surface area (Å²) >= 11 is 0. The molecule has 0 bridgehead atoms. The van der Waals surface area contributed by atoms with Crippen molar-refractivity contribution in [2.75, 3.05) is 20.1 Å². The van der Waals surface area contributed by atoms with E-state index in [1.165, 1.54) is 18.4 Å². The predicted octanol–water partition coefficient (Wildman–Crippen LogP) is 3.20. The van der Waals surface area contributed by atoms with Gasteiger partial charge in [0.15, 0.2) is 0 Å². The molecule has 0 saturated heterocycles. The molecule has 1 N–H and O–H groups in total. The fourth-order valence-electron chi connectivity index (χ4n) is 2.13. The Morgan fingerprint density at radius 1 is 1.05 bits per heavy atom. The van der Waals surface area contributed by atoms with Gasteiger partial charge >= 0.3 is 5.97 Å². The molecule has 0 fully saturated rings. The number of carboxylic acid groups (broad SMARTS) is 1. The molecule has 0 aliphatic heterocycles. The number of nitrogens with zero attached hydrogens (tertiary/aromatic N) is 1. The summed E-state index contributed by atoms with van der Waals surface area (Å²) in [6.07, 6.45) is 5.61. The molecule has 0 unspecified atom stereocenters. The third kappa shape index (κ3) is 8.38. The van der Waals surface area contributed by atoms with E-state index in [9.17, 15) is 4.79 Å². The zero-order valence-electron chi connectivity index (χ0n) is 11.8. The minimum absolute atomic E-state index is 0.293. The molecule has 0 spiro atoms. The van der Waals surface area contributed by atoms with Crippen LogP contribution in [0, 0.1) is 0 Å². The quantitative estimate of drug-likeness (QED) is 0.659. The van der Waals surface area contributed by atoms with Gasteiger partial charge in [0.2, 0.25) is 0 Å². The monoisotopic (exact) mass is 263 g/mol. The van der Waals surface area contributed by atoms with E-state index in [4.69, 9.17) is 5.11 Å². The molecular formula is C16H25NO2. The molecule has 0 aliphatic carbocycles. The number of rotatable bonds is 10. The van der Waals surface area contributed by atoms with Crippen molar-refractivity contribution in [3.05, 3.63) is 35.9 Å². The Morgan fingerprint density at radius 3 is 2.32 bits per heavy atom. The lowest BCUT2D eigenvalue weighted by atomic mass is 10.1. The van der Waals surface area contributed by atoms with Crippen molar-refractivity contribution in [1.29, 1.82) is 0 Å². The second kappa shape index (κ2) is 9.56. The van der Waals surface area contributed by atoms with Crippen LogP contribution < -0.4 is 0 Å². The summed E-state index contributed by atoms with van der Waals surface area (Å²) in [6, 6.07) is 10.6. The van der Waals surface area contributed by atoms with Crippen molar-refractivity contribution in [3.63, 3.8) is 0 Å². The van der Waals surface area contributed by atoms with Crippen LogP contribution in [0.5, 0.6) is 0 Å². The SMILES string of the molecule is CN(CCCCC(=O)O)CCCCc1ccccc1. The molecule has 0 aliphatic rings. The molecule has 1 aromatic carbocycles. The van der Waals surface area contributed by atoms with Gasteiger partial charge in [-0.2, -0.15) is 0 Å². The van der Waals surface area contributed by atoms with Crippen molar-refractivity contribution >= 4 is 5.97 Å². The summed E-state index contributed by atoms with van der Waals surface area (Å²) in [5.41, 5.74) is 1.41. The Balaban J connectivity index is 1.98. The van der Waals surface area contributed by atoms with Crippen LogP contribution in [-0.2, 0) is 11.2 Å². The first-order valence-corrected chi connectivity index (χ1v) is 7.13. The van der Waals surface area contributed by atoms with E-state index in [-0.39, 0.29) is 0 Å². The first kappa shape index (κ1) is 15.7. The summed E-state index contributed by atoms with van der Waals surface area (Å²) in [5.74, 6) is -0.689. The fourth-order valence-corrected chi connectivity index (χ4v) is 2.13. The number of unbranched alkanes of at least 4 members (excludes halogenated alkanes) is 2. The maximum Gasteiger partial charge on any atom is 0.303 e. The molecule has 0 amide bonds. The minimum atomic E-state index is -0.689. The number of benzene rings is 1. The van der Waals surface area contributed by atoms with Crippen LogP contribution in [0.15, 0.2) is 30.3 Å². The van der Waals surface area contributed by atoms with Gasteiger partial charge in [-0.3, -0.25) is 4.79 Å². The normalized spacial score (nSPS) is 10.8. The number of aryl methyl sites for hydroxylation is 1. The average molecular weight is 263 g/mol. The summed E-state index contributed by atoms with van der Waals surface area (Å²) in [4.78, 5) is 12.7. The molecule has 106 valence electrons. The molecule has 0 saturated carbocycles. The molecule has 1 aromatic rings. The van der Waals surface area contributed by atoms with Crippen LogP contribution in [0.2, 0.25) is 0 Å². The van der Waals surface area contributed by atoms with E-state index in [0.29, 0.717) is 6.42 Å². The highest BCUT2D eigenvalue weighted by atomic mass is 16.4. The van der Waals surface area contributed by atoms with Crippen molar-refractivity contribution in [1.82, 2.24) is 4.90 Å². The lowest BCUT2D eigenvalue weighted by molar-refractivity contribution is -0.137. The van der Waals surface area contributed by atoms with Gasteiger partial charge < -0.3 is 10.0 Å². The topological polar surface area (TPSA) is 40.5 Å². The Bertz CT molecular complexity index is 351. The van der Waals surface area contributed by atoms with E-state index in [0.717, 1.165) is 32.4 Å². The molecule has 1 rings (SSSR count). The maximum absolute atomic E-state index is 10.4. The van der Waals surface area contributed by atoms with Crippen LogP contribution in [-0.4, -0.2) is 36.1 Å². The Morgan fingerprint density at radius 2 is 1.68 bits per heavy atom. The molecule has 3 nitrogen and oxygen atoms in total.